The molecule has 0 aromatic heterocycles. The molecule has 0 saturated carbocycles. The Morgan fingerprint density at radius 3 is 1.25 bits per heavy atom. The molecule has 0 N–H and O–H groups in total. The molecule has 0 nitrogen and oxygen atoms in total. The monoisotopic (exact) mass is 242 g/mol. The Bertz CT molecular complexity index is 6.00. The molecule has 0 saturated heterocycles. The molecule has 0 heterocycles. The molecule has 0 unspecified atom stereocenters. The normalized spacial score (nSPS) is 1.50. The third-order valence-electron chi connectivity index (χ3n) is 0. The molecule has 0 aliphatic heterocycles. The maximum absolute atomic E-state index is 4.21. The SMILES string of the molecule is [S]=[Zn].[SeH2].[Zn]. The second-order valence-electron chi connectivity index (χ2n) is 0. The molecule has 0 aliphatic rings. The minimum absolute atomic E-state index is 0. The van der Waals surface area contributed by atoms with Gasteiger partial charge in [0, 0.05) is 19.5 Å². The maximum Gasteiger partial charge on any atom is 0 e. The van der Waals surface area contributed by atoms with Gasteiger partial charge in [-0.2, -0.15) is 0 Å². The number of hydrogen-bond donors (Lipinski definition) is 0. The van der Waals surface area contributed by atoms with Gasteiger partial charge in [-0.3, -0.25) is 0 Å². The first kappa shape index (κ1) is 16.7. The maximum atomic E-state index is 4.21. The van der Waals surface area contributed by atoms with E-state index >= 15 is 0 Å². The van der Waals surface area contributed by atoms with Crippen LogP contribution in [0.5, 0.6) is 0 Å². The molecular weight excluding hydrogens is 242 g/mol. The van der Waals surface area contributed by atoms with Crippen molar-refractivity contribution >= 4 is 27.2 Å². The first-order chi connectivity index (χ1) is 1.00. The molecule has 0 atom stereocenters. The zero-order valence-electron chi connectivity index (χ0n) is 2.32. The Hall–Kier alpha value is 1.99. The molecule has 0 rings (SSSR count). The van der Waals surface area contributed by atoms with Crippen LogP contribution in [-0.4, -0.2) is 17.1 Å². The minimum Gasteiger partial charge on any atom is 0 e. The molecule has 0 bridgehead atoms. The summed E-state index contributed by atoms with van der Waals surface area (Å²) in [5.74, 6) is 0. The van der Waals surface area contributed by atoms with Crippen molar-refractivity contribution < 1.29 is 36.0 Å². The zero-order valence-corrected chi connectivity index (χ0v) is 11.2. The molecule has 0 fully saturated rings. The van der Waals surface area contributed by atoms with Gasteiger partial charge in [-0.25, -0.2) is 0 Å². The van der Waals surface area contributed by atoms with Crippen LogP contribution in [0.3, 0.4) is 0 Å². The van der Waals surface area contributed by atoms with Gasteiger partial charge in [0.25, 0.3) is 0 Å². The van der Waals surface area contributed by atoms with E-state index in [1.165, 1.54) is 0 Å². The standard InChI is InChI=1S/S.H2Se.2Zn/h;1H2;;. The molecule has 0 radical (unpaired) electrons. The second kappa shape index (κ2) is 20.1. The van der Waals surface area contributed by atoms with E-state index in [0.29, 0.717) is 0 Å². The fraction of sp³-hybridized carbons (Fsp3) is 0. The Morgan fingerprint density at radius 2 is 1.25 bits per heavy atom. The van der Waals surface area contributed by atoms with Gasteiger partial charge >= 0.3 is 43.7 Å². The molecule has 0 aromatic carbocycles. The van der Waals surface area contributed by atoms with Crippen LogP contribution in [0.25, 0.3) is 0 Å². The van der Waals surface area contributed by atoms with Crippen molar-refractivity contribution in [2.45, 2.75) is 0 Å². The van der Waals surface area contributed by atoms with E-state index in [1.54, 1.807) is 0 Å². The van der Waals surface area contributed by atoms with Crippen molar-refractivity contribution in [3.8, 4) is 0 Å². The second-order valence-corrected chi connectivity index (χ2v) is 0. The van der Waals surface area contributed by atoms with Crippen LogP contribution in [0.1, 0.15) is 0 Å². The topological polar surface area (TPSA) is 0 Å². The third kappa shape index (κ3) is 9.01. The minimum atomic E-state index is 0. The molecule has 0 aliphatic carbocycles. The Kier molecular flexibility index (Phi) is 83.8. The van der Waals surface area contributed by atoms with Crippen LogP contribution in [-0.2, 0) is 36.0 Å². The van der Waals surface area contributed by atoms with E-state index < -0.39 is 0 Å². The molecule has 0 aromatic rings. The predicted molar refractivity (Wildman–Crippen MR) is 16.1 cm³/mol. The van der Waals surface area contributed by atoms with Gasteiger partial charge in [0.05, 0.1) is 0 Å². The van der Waals surface area contributed by atoms with Crippen molar-refractivity contribution in [2.24, 2.45) is 0 Å². The molecule has 4 heavy (non-hydrogen) atoms. The molecule has 0 spiro atoms. The van der Waals surface area contributed by atoms with Crippen molar-refractivity contribution in [1.29, 1.82) is 0 Å². The van der Waals surface area contributed by atoms with Crippen molar-refractivity contribution in [1.82, 2.24) is 0 Å². The van der Waals surface area contributed by atoms with Crippen LogP contribution < -0.4 is 0 Å². The number of rotatable bonds is 0. The number of hydrogen-bond acceptors (Lipinski definition) is 1. The summed E-state index contributed by atoms with van der Waals surface area (Å²) in [5.41, 5.74) is 0. The molecular formula is H2SSeZn2. The largest absolute Gasteiger partial charge is 0 e. The summed E-state index contributed by atoms with van der Waals surface area (Å²) in [5, 5.41) is 0. The summed E-state index contributed by atoms with van der Waals surface area (Å²) in [6.45, 7) is 0. The Balaban J connectivity index is -0.00000000500. The van der Waals surface area contributed by atoms with Gasteiger partial charge in [0.15, 0.2) is 0 Å². The first-order valence-corrected chi connectivity index (χ1v) is 4.50. The Labute approximate surface area is 62.6 Å². The molecule has 0 amide bonds. The summed E-state index contributed by atoms with van der Waals surface area (Å²) >= 11 is 0.958. The molecule has 18 valence electrons. The first-order valence-electron chi connectivity index (χ1n) is 0.289. The quantitative estimate of drug-likeness (QED) is 0.528. The van der Waals surface area contributed by atoms with E-state index in [0.717, 1.165) is 16.6 Å². The van der Waals surface area contributed by atoms with Gasteiger partial charge in [-0.15, -0.1) is 0 Å². The molecule has 4 heteroatoms. The smallest absolute Gasteiger partial charge is 0 e. The summed E-state index contributed by atoms with van der Waals surface area (Å²) in [4.78, 5) is 0. The van der Waals surface area contributed by atoms with Gasteiger partial charge in [-0.05, 0) is 0 Å². The van der Waals surface area contributed by atoms with E-state index in [9.17, 15) is 0 Å². The third-order valence-corrected chi connectivity index (χ3v) is 0. The van der Waals surface area contributed by atoms with Crippen LogP contribution in [0, 0.1) is 0 Å². The summed E-state index contributed by atoms with van der Waals surface area (Å²) in [6.07, 6.45) is 0. The van der Waals surface area contributed by atoms with Crippen LogP contribution in [0.4, 0.5) is 0 Å². The predicted octanol–water partition coefficient (Wildman–Crippen LogP) is -0.273. The fourth-order valence-electron chi connectivity index (χ4n) is 0. The van der Waals surface area contributed by atoms with E-state index in [4.69, 9.17) is 0 Å². The van der Waals surface area contributed by atoms with E-state index in [-0.39, 0.29) is 36.5 Å². The van der Waals surface area contributed by atoms with Crippen molar-refractivity contribution in [2.75, 3.05) is 0 Å². The van der Waals surface area contributed by atoms with Gasteiger partial charge in [0.2, 0.25) is 0 Å². The summed E-state index contributed by atoms with van der Waals surface area (Å²) in [7, 11) is 4.21. The average Bonchev–Trinajstić information content (AvgIpc) is 1.00. The summed E-state index contributed by atoms with van der Waals surface area (Å²) < 4.78 is 0. The van der Waals surface area contributed by atoms with Gasteiger partial charge < -0.3 is 0 Å². The van der Waals surface area contributed by atoms with Crippen LogP contribution in [0.15, 0.2) is 0 Å². The summed E-state index contributed by atoms with van der Waals surface area (Å²) in [6, 6.07) is 0. The van der Waals surface area contributed by atoms with E-state index in [1.807, 2.05) is 0 Å². The fourth-order valence-corrected chi connectivity index (χ4v) is 0. The van der Waals surface area contributed by atoms with Gasteiger partial charge in [0.1, 0.15) is 0 Å². The van der Waals surface area contributed by atoms with Crippen molar-refractivity contribution in [3.63, 3.8) is 0 Å². The zero-order chi connectivity index (χ0) is 2.00. The Morgan fingerprint density at radius 1 is 1.25 bits per heavy atom. The van der Waals surface area contributed by atoms with Crippen LogP contribution in [0.2, 0.25) is 0 Å². The van der Waals surface area contributed by atoms with Crippen molar-refractivity contribution in [3.05, 3.63) is 0 Å². The van der Waals surface area contributed by atoms with Gasteiger partial charge in [-0.1, -0.05) is 0 Å². The van der Waals surface area contributed by atoms with E-state index in [2.05, 4.69) is 10.1 Å². The average molecular weight is 244 g/mol. The van der Waals surface area contributed by atoms with Crippen LogP contribution >= 0.6 is 10.1 Å².